The fourth-order valence-corrected chi connectivity index (χ4v) is 5.89. The summed E-state index contributed by atoms with van der Waals surface area (Å²) in [5.41, 5.74) is 5.70. The molecule has 36 heavy (non-hydrogen) atoms. The molecule has 0 amide bonds. The first-order valence-electron chi connectivity index (χ1n) is 11.8. The Morgan fingerprint density at radius 1 is 0.611 bits per heavy atom. The SMILES string of the molecule is CC(C)(C)c1ccc(-n2c(-c3ccc(Br)cc3)nc3c4ccc(Br)cc4c4cc(Br)ccc4c32)cc1. The highest BCUT2D eigenvalue weighted by molar-refractivity contribution is 9.11. The van der Waals surface area contributed by atoms with Gasteiger partial charge in [-0.25, -0.2) is 4.98 Å². The second kappa shape index (κ2) is 8.83. The predicted octanol–water partition coefficient (Wildman–Crippen LogP) is 10.6. The summed E-state index contributed by atoms with van der Waals surface area (Å²) in [6.07, 6.45) is 0. The van der Waals surface area contributed by atoms with Crippen LogP contribution in [0.3, 0.4) is 0 Å². The van der Waals surface area contributed by atoms with E-state index in [9.17, 15) is 0 Å². The van der Waals surface area contributed by atoms with Crippen LogP contribution in [0.1, 0.15) is 26.3 Å². The fraction of sp³-hybridized carbons (Fsp3) is 0.129. The van der Waals surface area contributed by atoms with Crippen LogP contribution >= 0.6 is 47.8 Å². The first-order chi connectivity index (χ1) is 17.2. The molecular formula is C31H23Br3N2. The van der Waals surface area contributed by atoms with Crippen LogP contribution in [0.25, 0.3) is 49.7 Å². The van der Waals surface area contributed by atoms with Gasteiger partial charge in [0.1, 0.15) is 5.82 Å². The Balaban J connectivity index is 1.79. The maximum Gasteiger partial charge on any atom is 0.145 e. The summed E-state index contributed by atoms with van der Waals surface area (Å²) < 4.78 is 5.49. The summed E-state index contributed by atoms with van der Waals surface area (Å²) in [6, 6.07) is 30.3. The number of rotatable bonds is 2. The summed E-state index contributed by atoms with van der Waals surface area (Å²) in [6.45, 7) is 6.74. The van der Waals surface area contributed by atoms with Crippen LogP contribution in [0.5, 0.6) is 0 Å². The van der Waals surface area contributed by atoms with E-state index < -0.39 is 0 Å². The molecule has 0 saturated carbocycles. The molecule has 0 saturated heterocycles. The Labute approximate surface area is 235 Å². The summed E-state index contributed by atoms with van der Waals surface area (Å²) in [5.74, 6) is 0.931. The molecule has 0 fully saturated rings. The highest BCUT2D eigenvalue weighted by Gasteiger charge is 2.21. The molecule has 2 nitrogen and oxygen atoms in total. The standard InChI is InChI=1S/C31H23Br3N2/c1-31(2,3)19-6-12-23(13-7-19)36-29-25-15-11-22(34)17-27(25)26-16-21(33)10-14-24(26)28(29)35-30(36)18-4-8-20(32)9-5-18/h4-17H,1-3H3. The summed E-state index contributed by atoms with van der Waals surface area (Å²) in [4.78, 5) is 5.31. The van der Waals surface area contributed by atoms with Crippen molar-refractivity contribution in [2.24, 2.45) is 0 Å². The minimum Gasteiger partial charge on any atom is -0.292 e. The van der Waals surface area contributed by atoms with Gasteiger partial charge in [0.2, 0.25) is 0 Å². The monoisotopic (exact) mass is 660 g/mol. The van der Waals surface area contributed by atoms with Gasteiger partial charge in [0.05, 0.1) is 11.0 Å². The zero-order chi connectivity index (χ0) is 25.2. The van der Waals surface area contributed by atoms with Crippen molar-refractivity contribution >= 4 is 80.4 Å². The van der Waals surface area contributed by atoms with Gasteiger partial charge in [-0.15, -0.1) is 0 Å². The molecule has 0 aliphatic heterocycles. The Kier molecular flexibility index (Phi) is 5.86. The number of imidazole rings is 1. The average molecular weight is 663 g/mol. The average Bonchev–Trinajstić information content (AvgIpc) is 3.25. The molecule has 0 radical (unpaired) electrons. The summed E-state index contributed by atoms with van der Waals surface area (Å²) in [7, 11) is 0. The highest BCUT2D eigenvalue weighted by Crippen LogP contribution is 2.41. The van der Waals surface area contributed by atoms with Crippen LogP contribution in [0.2, 0.25) is 0 Å². The molecule has 0 bridgehead atoms. The van der Waals surface area contributed by atoms with Gasteiger partial charge in [-0.05, 0) is 70.3 Å². The number of hydrogen-bond acceptors (Lipinski definition) is 1. The molecule has 0 aliphatic carbocycles. The van der Waals surface area contributed by atoms with Gasteiger partial charge in [0.25, 0.3) is 0 Å². The van der Waals surface area contributed by atoms with Crippen molar-refractivity contribution in [2.75, 3.05) is 0 Å². The maximum atomic E-state index is 5.31. The first-order valence-corrected chi connectivity index (χ1v) is 14.2. The minimum absolute atomic E-state index is 0.0899. The summed E-state index contributed by atoms with van der Waals surface area (Å²) >= 11 is 11.0. The second-order valence-electron chi connectivity index (χ2n) is 10.2. The molecule has 1 aromatic heterocycles. The van der Waals surface area contributed by atoms with E-state index in [0.29, 0.717) is 0 Å². The van der Waals surface area contributed by atoms with Crippen molar-refractivity contribution in [1.29, 1.82) is 0 Å². The van der Waals surface area contributed by atoms with E-state index in [0.717, 1.165) is 46.9 Å². The highest BCUT2D eigenvalue weighted by atomic mass is 79.9. The van der Waals surface area contributed by atoms with Crippen molar-refractivity contribution < 1.29 is 0 Å². The maximum absolute atomic E-state index is 5.31. The van der Waals surface area contributed by atoms with Crippen LogP contribution in [-0.4, -0.2) is 9.55 Å². The normalized spacial score (nSPS) is 12.2. The van der Waals surface area contributed by atoms with E-state index in [-0.39, 0.29) is 5.41 Å². The number of fused-ring (bicyclic) bond motifs is 6. The van der Waals surface area contributed by atoms with Crippen molar-refractivity contribution in [3.63, 3.8) is 0 Å². The van der Waals surface area contributed by atoms with Crippen molar-refractivity contribution in [3.05, 3.63) is 104 Å². The predicted molar refractivity (Wildman–Crippen MR) is 163 cm³/mol. The van der Waals surface area contributed by atoms with Gasteiger partial charge in [-0.1, -0.05) is 105 Å². The molecule has 0 atom stereocenters. The Morgan fingerprint density at radius 2 is 1.17 bits per heavy atom. The van der Waals surface area contributed by atoms with Crippen LogP contribution in [0.15, 0.2) is 98.3 Å². The number of hydrogen-bond donors (Lipinski definition) is 0. The lowest BCUT2D eigenvalue weighted by Crippen LogP contribution is -2.11. The third kappa shape index (κ3) is 4.02. The molecular weight excluding hydrogens is 640 g/mol. The van der Waals surface area contributed by atoms with Gasteiger partial charge in [-0.3, -0.25) is 4.57 Å². The molecule has 0 aliphatic rings. The minimum atomic E-state index is 0.0899. The van der Waals surface area contributed by atoms with E-state index in [4.69, 9.17) is 4.98 Å². The van der Waals surface area contributed by atoms with Crippen LogP contribution in [0.4, 0.5) is 0 Å². The van der Waals surface area contributed by atoms with Crippen molar-refractivity contribution in [1.82, 2.24) is 9.55 Å². The van der Waals surface area contributed by atoms with E-state index in [1.165, 1.54) is 21.7 Å². The lowest BCUT2D eigenvalue weighted by Gasteiger charge is -2.20. The smallest absolute Gasteiger partial charge is 0.145 e. The third-order valence-electron chi connectivity index (χ3n) is 6.74. The zero-order valence-electron chi connectivity index (χ0n) is 20.1. The Hall–Kier alpha value is -2.47. The lowest BCUT2D eigenvalue weighted by molar-refractivity contribution is 0.590. The Morgan fingerprint density at radius 3 is 1.78 bits per heavy atom. The molecule has 6 rings (SSSR count). The number of benzene rings is 5. The van der Waals surface area contributed by atoms with E-state index >= 15 is 0 Å². The topological polar surface area (TPSA) is 17.8 Å². The molecule has 0 spiro atoms. The van der Waals surface area contributed by atoms with E-state index in [1.807, 2.05) is 0 Å². The fourth-order valence-electron chi connectivity index (χ4n) is 4.90. The van der Waals surface area contributed by atoms with Gasteiger partial charge >= 0.3 is 0 Å². The Bertz CT molecular complexity index is 1770. The molecule has 5 heteroatoms. The molecule has 0 unspecified atom stereocenters. The molecule has 6 aromatic rings. The van der Waals surface area contributed by atoms with Gasteiger partial charge in [-0.2, -0.15) is 0 Å². The first kappa shape index (κ1) is 23.9. The van der Waals surface area contributed by atoms with Gasteiger partial charge in [0, 0.05) is 35.4 Å². The van der Waals surface area contributed by atoms with Crippen molar-refractivity contribution in [3.8, 4) is 17.1 Å². The van der Waals surface area contributed by atoms with Gasteiger partial charge in [0.15, 0.2) is 0 Å². The van der Waals surface area contributed by atoms with Crippen LogP contribution in [-0.2, 0) is 5.41 Å². The van der Waals surface area contributed by atoms with Crippen molar-refractivity contribution in [2.45, 2.75) is 26.2 Å². The number of aromatic nitrogens is 2. The number of halogens is 3. The van der Waals surface area contributed by atoms with Crippen LogP contribution < -0.4 is 0 Å². The second-order valence-corrected chi connectivity index (χ2v) is 12.9. The van der Waals surface area contributed by atoms with E-state index in [1.54, 1.807) is 0 Å². The largest absolute Gasteiger partial charge is 0.292 e. The van der Waals surface area contributed by atoms with Crippen LogP contribution in [0, 0.1) is 0 Å². The quantitative estimate of drug-likeness (QED) is 0.169. The summed E-state index contributed by atoms with van der Waals surface area (Å²) in [5, 5.41) is 4.70. The zero-order valence-corrected chi connectivity index (χ0v) is 24.9. The molecule has 1 heterocycles. The molecule has 178 valence electrons. The van der Waals surface area contributed by atoms with Gasteiger partial charge < -0.3 is 0 Å². The molecule has 0 N–H and O–H groups in total. The lowest BCUT2D eigenvalue weighted by atomic mass is 9.87. The third-order valence-corrected chi connectivity index (χ3v) is 8.25. The number of nitrogens with zero attached hydrogens (tertiary/aromatic N) is 2. The van der Waals surface area contributed by atoms with E-state index in [2.05, 4.69) is 158 Å². The molecule has 5 aromatic carbocycles.